The van der Waals surface area contributed by atoms with Crippen molar-refractivity contribution in [1.82, 2.24) is 0 Å². The van der Waals surface area contributed by atoms with E-state index in [0.717, 1.165) is 5.56 Å². The summed E-state index contributed by atoms with van der Waals surface area (Å²) in [4.78, 5) is 20.9. The molecular weight excluding hydrogens is 170 g/mol. The molecule has 0 spiro atoms. The van der Waals surface area contributed by atoms with Crippen molar-refractivity contribution >= 4 is 11.7 Å². The van der Waals surface area contributed by atoms with Crippen LogP contribution in [0.3, 0.4) is 0 Å². The number of rotatable bonds is 2. The average Bonchev–Trinajstić information content (AvgIpc) is 2.04. The second-order valence-corrected chi connectivity index (χ2v) is 2.57. The number of carbonyl (C=O) groups excluding carboxylic acids is 1. The van der Waals surface area contributed by atoms with Gasteiger partial charge in [0.1, 0.15) is 0 Å². The molecule has 0 saturated carbocycles. The molecule has 0 aliphatic heterocycles. The average molecular weight is 179 g/mol. The van der Waals surface area contributed by atoms with E-state index in [0.29, 0.717) is 10.7 Å². The van der Waals surface area contributed by atoms with Crippen LogP contribution in [-0.2, 0) is 0 Å². The zero-order valence-electron chi connectivity index (χ0n) is 7.10. The zero-order chi connectivity index (χ0) is 9.84. The van der Waals surface area contributed by atoms with Gasteiger partial charge in [0.05, 0.1) is 11.0 Å². The highest BCUT2D eigenvalue weighted by Crippen LogP contribution is 2.15. The largest absolute Gasteiger partial charge is 0.350 e. The van der Waals surface area contributed by atoms with Crippen LogP contribution in [0, 0.1) is 11.8 Å². The van der Waals surface area contributed by atoms with Crippen molar-refractivity contribution in [2.45, 2.75) is 6.92 Å². The predicted octanol–water partition coefficient (Wildman–Crippen LogP) is 1.56. The Bertz CT molecular complexity index is 338. The maximum absolute atomic E-state index is 10.7. The minimum atomic E-state index is -0.888. The molecule has 2 N–H and O–H groups in total. The molecule has 1 aromatic carbocycles. The van der Waals surface area contributed by atoms with Crippen molar-refractivity contribution in [3.8, 4) is 0 Å². The first-order chi connectivity index (χ1) is 6.15. The van der Waals surface area contributed by atoms with E-state index >= 15 is 0 Å². The summed E-state index contributed by atoms with van der Waals surface area (Å²) in [5.74, 6) is 0. The Hall–Kier alpha value is -1.91. The Balaban J connectivity index is 3.04. The van der Waals surface area contributed by atoms with Crippen LogP contribution < -0.4 is 10.7 Å². The molecule has 1 aromatic rings. The predicted molar refractivity (Wildman–Crippen MR) is 49.0 cm³/mol. The molecule has 0 heterocycles. The molecule has 0 radical (unpaired) electrons. The standard InChI is InChI=1S/C8H9N3O2/c1-6-3-2-4-7(5-6)11(10-13)8(9)12/h2-5H,1H3,(H2,9,12). The van der Waals surface area contributed by atoms with Gasteiger partial charge in [-0.3, -0.25) is 0 Å². The molecule has 2 amide bonds. The Kier molecular flexibility index (Phi) is 2.59. The molecule has 1 rings (SSSR count). The van der Waals surface area contributed by atoms with Crippen LogP contribution in [0.15, 0.2) is 29.6 Å². The van der Waals surface area contributed by atoms with Crippen LogP contribution in [0.4, 0.5) is 10.5 Å². The van der Waals surface area contributed by atoms with Crippen molar-refractivity contribution < 1.29 is 4.79 Å². The molecule has 0 aliphatic carbocycles. The number of anilines is 1. The summed E-state index contributed by atoms with van der Waals surface area (Å²) in [6.07, 6.45) is 0. The molecule has 13 heavy (non-hydrogen) atoms. The van der Waals surface area contributed by atoms with Crippen molar-refractivity contribution in [2.24, 2.45) is 11.0 Å². The molecule has 68 valence electrons. The molecular formula is C8H9N3O2. The van der Waals surface area contributed by atoms with Crippen LogP contribution in [-0.4, -0.2) is 6.03 Å². The van der Waals surface area contributed by atoms with E-state index in [-0.39, 0.29) is 0 Å². The fourth-order valence-electron chi connectivity index (χ4n) is 0.974. The third-order valence-corrected chi connectivity index (χ3v) is 1.54. The quantitative estimate of drug-likeness (QED) is 0.552. The summed E-state index contributed by atoms with van der Waals surface area (Å²) in [5, 5.41) is 3.11. The number of primary amides is 1. The van der Waals surface area contributed by atoms with E-state index in [2.05, 4.69) is 5.29 Å². The zero-order valence-corrected chi connectivity index (χ0v) is 7.10. The number of amides is 2. The van der Waals surface area contributed by atoms with Gasteiger partial charge in [-0.25, -0.2) is 4.79 Å². The first-order valence-electron chi connectivity index (χ1n) is 3.64. The highest BCUT2D eigenvalue weighted by atomic mass is 16.3. The highest BCUT2D eigenvalue weighted by Gasteiger charge is 2.11. The normalized spacial score (nSPS) is 9.31. The smallest absolute Gasteiger partial charge is 0.342 e. The van der Waals surface area contributed by atoms with Crippen LogP contribution in [0.2, 0.25) is 0 Å². The summed E-state index contributed by atoms with van der Waals surface area (Å²) < 4.78 is 0. The Morgan fingerprint density at radius 2 is 2.23 bits per heavy atom. The van der Waals surface area contributed by atoms with Crippen LogP contribution >= 0.6 is 0 Å². The van der Waals surface area contributed by atoms with Gasteiger partial charge < -0.3 is 5.73 Å². The number of aryl methyl sites for hydroxylation is 1. The number of nitrogens with two attached hydrogens (primary N) is 1. The number of benzene rings is 1. The van der Waals surface area contributed by atoms with E-state index in [1.807, 2.05) is 13.0 Å². The van der Waals surface area contributed by atoms with Gasteiger partial charge in [0.25, 0.3) is 0 Å². The van der Waals surface area contributed by atoms with Gasteiger partial charge in [0.15, 0.2) is 0 Å². The minimum Gasteiger partial charge on any atom is -0.350 e. The number of hydrogen-bond donors (Lipinski definition) is 1. The van der Waals surface area contributed by atoms with Crippen molar-refractivity contribution in [2.75, 3.05) is 5.01 Å². The van der Waals surface area contributed by atoms with Gasteiger partial charge in [0.2, 0.25) is 0 Å². The number of carbonyl (C=O) groups is 1. The van der Waals surface area contributed by atoms with Gasteiger partial charge in [-0.2, -0.15) is 0 Å². The van der Waals surface area contributed by atoms with Gasteiger partial charge >= 0.3 is 6.03 Å². The lowest BCUT2D eigenvalue weighted by Gasteiger charge is -2.09. The van der Waals surface area contributed by atoms with Gasteiger partial charge in [-0.05, 0) is 24.6 Å². The molecule has 0 fully saturated rings. The van der Waals surface area contributed by atoms with Crippen LogP contribution in [0.1, 0.15) is 5.56 Å². The maximum atomic E-state index is 10.7. The lowest BCUT2D eigenvalue weighted by Crippen LogP contribution is -2.30. The van der Waals surface area contributed by atoms with Gasteiger partial charge in [-0.15, -0.1) is 9.92 Å². The Morgan fingerprint density at radius 3 is 2.69 bits per heavy atom. The Labute approximate surface area is 75.1 Å². The molecule has 0 unspecified atom stereocenters. The van der Waals surface area contributed by atoms with E-state index in [1.54, 1.807) is 18.2 Å². The molecule has 0 saturated heterocycles. The summed E-state index contributed by atoms with van der Waals surface area (Å²) in [6, 6.07) is 5.89. The van der Waals surface area contributed by atoms with Crippen molar-refractivity contribution in [3.63, 3.8) is 0 Å². The van der Waals surface area contributed by atoms with Crippen molar-refractivity contribution in [3.05, 3.63) is 34.7 Å². The molecule has 0 bridgehead atoms. The summed E-state index contributed by atoms with van der Waals surface area (Å²) >= 11 is 0. The first kappa shape index (κ1) is 9.18. The third-order valence-electron chi connectivity index (χ3n) is 1.54. The topological polar surface area (TPSA) is 75.8 Å². The monoisotopic (exact) mass is 179 g/mol. The van der Waals surface area contributed by atoms with E-state index < -0.39 is 6.03 Å². The number of hydrogen-bond acceptors (Lipinski definition) is 3. The van der Waals surface area contributed by atoms with Gasteiger partial charge in [-0.1, -0.05) is 12.1 Å². The molecule has 0 atom stereocenters. The summed E-state index contributed by atoms with van der Waals surface area (Å²) in [6.45, 7) is 1.84. The van der Waals surface area contributed by atoms with E-state index in [1.165, 1.54) is 0 Å². The van der Waals surface area contributed by atoms with Crippen LogP contribution in [0.5, 0.6) is 0 Å². The lowest BCUT2D eigenvalue weighted by molar-refractivity contribution is 0.254. The number of nitroso groups, excluding NO2 is 1. The minimum absolute atomic E-state index is 0.377. The summed E-state index contributed by atoms with van der Waals surface area (Å²) in [5.41, 5.74) is 6.22. The van der Waals surface area contributed by atoms with Gasteiger partial charge in [0, 0.05) is 0 Å². The van der Waals surface area contributed by atoms with E-state index in [4.69, 9.17) is 5.73 Å². The second kappa shape index (κ2) is 3.66. The first-order valence-corrected chi connectivity index (χ1v) is 3.64. The fraction of sp³-hybridized carbons (Fsp3) is 0.125. The fourth-order valence-corrected chi connectivity index (χ4v) is 0.974. The highest BCUT2D eigenvalue weighted by molar-refractivity contribution is 5.89. The lowest BCUT2D eigenvalue weighted by atomic mass is 10.2. The Morgan fingerprint density at radius 1 is 1.54 bits per heavy atom. The SMILES string of the molecule is Cc1cccc(N(N=O)C(N)=O)c1. The van der Waals surface area contributed by atoms with E-state index in [9.17, 15) is 9.70 Å². The molecule has 5 heteroatoms. The molecule has 5 nitrogen and oxygen atoms in total. The summed E-state index contributed by atoms with van der Waals surface area (Å²) in [7, 11) is 0. The number of nitrogens with zero attached hydrogens (tertiary/aromatic N) is 2. The third kappa shape index (κ3) is 2.02. The van der Waals surface area contributed by atoms with Crippen molar-refractivity contribution in [1.29, 1.82) is 0 Å². The molecule has 0 aliphatic rings. The second-order valence-electron chi connectivity index (χ2n) is 2.57. The van der Waals surface area contributed by atoms with Crippen LogP contribution in [0.25, 0.3) is 0 Å². The number of urea groups is 1. The molecule has 0 aromatic heterocycles. The maximum Gasteiger partial charge on any atom is 0.342 e.